The van der Waals surface area contributed by atoms with Gasteiger partial charge in [0.1, 0.15) is 0 Å². The summed E-state index contributed by atoms with van der Waals surface area (Å²) in [4.78, 5) is 0. The summed E-state index contributed by atoms with van der Waals surface area (Å²) in [5.74, 6) is 0. The average Bonchev–Trinajstić information content (AvgIpc) is 1.96. The molecule has 0 aromatic carbocycles. The molecule has 11 heavy (non-hydrogen) atoms. The fourth-order valence-electron chi connectivity index (χ4n) is 0.854. The van der Waals surface area contributed by atoms with Crippen LogP contribution in [0.15, 0.2) is 0 Å². The van der Waals surface area contributed by atoms with E-state index in [2.05, 4.69) is 0 Å². The van der Waals surface area contributed by atoms with Crippen LogP contribution in [0.1, 0.15) is 32.6 Å². The highest BCUT2D eigenvalue weighted by atomic mass is 16.6. The average molecular weight is 161 g/mol. The van der Waals surface area contributed by atoms with E-state index in [-0.39, 0.29) is 0 Å². The number of aliphatic hydroxyl groups is 1. The third-order valence-electron chi connectivity index (χ3n) is 1.46. The van der Waals surface area contributed by atoms with Gasteiger partial charge < -0.3 is 15.6 Å². The maximum absolute atomic E-state index is 8.71. The van der Waals surface area contributed by atoms with E-state index in [1.807, 2.05) is 0 Å². The zero-order valence-corrected chi connectivity index (χ0v) is 7.25. The Kier molecular flexibility index (Phi) is 7.89. The van der Waals surface area contributed by atoms with Gasteiger partial charge in [-0.1, -0.05) is 12.8 Å². The van der Waals surface area contributed by atoms with E-state index < -0.39 is 6.29 Å². The normalized spacial score (nSPS) is 13.4. The third-order valence-corrected chi connectivity index (χ3v) is 1.46. The maximum Gasteiger partial charge on any atom is 0.151 e. The second-order valence-electron chi connectivity index (χ2n) is 2.67. The molecule has 3 heteroatoms. The minimum absolute atomic E-state index is 0.621. The molecule has 0 radical (unpaired) electrons. The summed E-state index contributed by atoms with van der Waals surface area (Å²) in [6, 6.07) is 0. The second kappa shape index (κ2) is 7.98. The van der Waals surface area contributed by atoms with Crippen molar-refractivity contribution in [2.75, 3.05) is 13.2 Å². The van der Waals surface area contributed by atoms with E-state index in [1.54, 1.807) is 6.92 Å². The van der Waals surface area contributed by atoms with Crippen LogP contribution in [0, 0.1) is 0 Å². The van der Waals surface area contributed by atoms with Crippen molar-refractivity contribution in [3.8, 4) is 0 Å². The van der Waals surface area contributed by atoms with Crippen LogP contribution in [-0.2, 0) is 4.74 Å². The van der Waals surface area contributed by atoms with Gasteiger partial charge in [0.25, 0.3) is 0 Å². The number of hydrogen-bond acceptors (Lipinski definition) is 3. The standard InChI is InChI=1S/C8H19NO2/c1-8(10)11-7-5-3-2-4-6-9/h8,10H,2-7,9H2,1H3. The Morgan fingerprint density at radius 3 is 2.45 bits per heavy atom. The molecule has 68 valence electrons. The largest absolute Gasteiger partial charge is 0.368 e. The predicted molar refractivity (Wildman–Crippen MR) is 45.2 cm³/mol. The van der Waals surface area contributed by atoms with Crippen LogP contribution < -0.4 is 5.73 Å². The molecule has 0 amide bonds. The van der Waals surface area contributed by atoms with Crippen LogP contribution in [0.3, 0.4) is 0 Å². The summed E-state index contributed by atoms with van der Waals surface area (Å²) in [6.07, 6.45) is 3.80. The van der Waals surface area contributed by atoms with E-state index in [4.69, 9.17) is 15.6 Å². The second-order valence-corrected chi connectivity index (χ2v) is 2.67. The topological polar surface area (TPSA) is 55.5 Å². The Balaban J connectivity index is 2.80. The van der Waals surface area contributed by atoms with Crippen LogP contribution in [0.4, 0.5) is 0 Å². The third kappa shape index (κ3) is 9.88. The molecule has 0 saturated carbocycles. The first-order valence-electron chi connectivity index (χ1n) is 4.27. The van der Waals surface area contributed by atoms with Crippen LogP contribution in [0.5, 0.6) is 0 Å². The molecule has 0 saturated heterocycles. The monoisotopic (exact) mass is 161 g/mol. The molecule has 3 nitrogen and oxygen atoms in total. The SMILES string of the molecule is CC(O)OCCCCCCN. The van der Waals surface area contributed by atoms with Crippen molar-refractivity contribution in [2.24, 2.45) is 5.73 Å². The van der Waals surface area contributed by atoms with Crippen molar-refractivity contribution in [1.29, 1.82) is 0 Å². The molecular formula is C8H19NO2. The molecule has 0 aliphatic carbocycles. The lowest BCUT2D eigenvalue weighted by Gasteiger charge is -2.05. The van der Waals surface area contributed by atoms with Gasteiger partial charge in [-0.15, -0.1) is 0 Å². The Hall–Kier alpha value is -0.120. The first-order chi connectivity index (χ1) is 5.27. The smallest absolute Gasteiger partial charge is 0.151 e. The molecule has 0 spiro atoms. The summed E-state index contributed by atoms with van der Waals surface area (Å²) < 4.78 is 4.95. The molecule has 0 aliphatic heterocycles. The molecular weight excluding hydrogens is 142 g/mol. The Bertz CT molecular complexity index is 76.5. The molecule has 0 fully saturated rings. The Labute approximate surface area is 68.5 Å². The molecule has 0 heterocycles. The van der Waals surface area contributed by atoms with Gasteiger partial charge in [-0.05, 0) is 26.3 Å². The minimum Gasteiger partial charge on any atom is -0.368 e. The minimum atomic E-state index is -0.621. The van der Waals surface area contributed by atoms with Gasteiger partial charge in [0.15, 0.2) is 6.29 Å². The van der Waals surface area contributed by atoms with Crippen LogP contribution in [0.25, 0.3) is 0 Å². The van der Waals surface area contributed by atoms with Crippen LogP contribution in [0.2, 0.25) is 0 Å². The van der Waals surface area contributed by atoms with Gasteiger partial charge in [0, 0.05) is 6.61 Å². The van der Waals surface area contributed by atoms with E-state index in [9.17, 15) is 0 Å². The zero-order valence-electron chi connectivity index (χ0n) is 7.25. The predicted octanol–water partition coefficient (Wildman–Crippen LogP) is 0.860. The molecule has 0 aromatic heterocycles. The highest BCUT2D eigenvalue weighted by Gasteiger charge is 1.93. The van der Waals surface area contributed by atoms with E-state index in [0.717, 1.165) is 25.8 Å². The van der Waals surface area contributed by atoms with Crippen LogP contribution >= 0.6 is 0 Å². The number of hydrogen-bond donors (Lipinski definition) is 2. The molecule has 0 bridgehead atoms. The lowest BCUT2D eigenvalue weighted by Crippen LogP contribution is -2.07. The molecule has 0 aromatic rings. The van der Waals surface area contributed by atoms with Crippen LogP contribution in [-0.4, -0.2) is 24.5 Å². The Morgan fingerprint density at radius 2 is 1.91 bits per heavy atom. The summed E-state index contributed by atoms with van der Waals surface area (Å²) in [7, 11) is 0. The van der Waals surface area contributed by atoms with Crippen molar-refractivity contribution < 1.29 is 9.84 Å². The lowest BCUT2D eigenvalue weighted by molar-refractivity contribution is -0.0859. The van der Waals surface area contributed by atoms with E-state index in [0.29, 0.717) is 6.61 Å². The highest BCUT2D eigenvalue weighted by molar-refractivity contribution is 4.43. The van der Waals surface area contributed by atoms with Gasteiger partial charge in [-0.3, -0.25) is 0 Å². The van der Waals surface area contributed by atoms with E-state index in [1.165, 1.54) is 6.42 Å². The molecule has 1 unspecified atom stereocenters. The quantitative estimate of drug-likeness (QED) is 0.430. The fraction of sp³-hybridized carbons (Fsp3) is 1.00. The molecule has 1 atom stereocenters. The van der Waals surface area contributed by atoms with Gasteiger partial charge in [-0.25, -0.2) is 0 Å². The first-order valence-corrected chi connectivity index (χ1v) is 4.27. The van der Waals surface area contributed by atoms with Crippen molar-refractivity contribution in [1.82, 2.24) is 0 Å². The summed E-state index contributed by atoms with van der Waals surface area (Å²) >= 11 is 0. The summed E-state index contributed by atoms with van der Waals surface area (Å²) in [5.41, 5.74) is 5.32. The lowest BCUT2D eigenvalue weighted by atomic mass is 10.2. The number of nitrogens with two attached hydrogens (primary N) is 1. The first kappa shape index (κ1) is 10.9. The zero-order chi connectivity index (χ0) is 8.53. The molecule has 0 aliphatic rings. The summed E-state index contributed by atoms with van der Waals surface area (Å²) in [6.45, 7) is 3.05. The number of ether oxygens (including phenoxy) is 1. The maximum atomic E-state index is 8.71. The van der Waals surface area contributed by atoms with Gasteiger partial charge in [0.05, 0.1) is 0 Å². The van der Waals surface area contributed by atoms with Gasteiger partial charge in [0.2, 0.25) is 0 Å². The van der Waals surface area contributed by atoms with Gasteiger partial charge >= 0.3 is 0 Å². The van der Waals surface area contributed by atoms with Crippen molar-refractivity contribution in [3.05, 3.63) is 0 Å². The number of rotatable bonds is 7. The fourth-order valence-corrected chi connectivity index (χ4v) is 0.854. The highest BCUT2D eigenvalue weighted by Crippen LogP contribution is 1.99. The molecule has 0 rings (SSSR count). The summed E-state index contributed by atoms with van der Waals surface area (Å²) in [5, 5.41) is 8.71. The number of aliphatic hydroxyl groups excluding tert-OH is 1. The van der Waals surface area contributed by atoms with Crippen molar-refractivity contribution >= 4 is 0 Å². The van der Waals surface area contributed by atoms with E-state index >= 15 is 0 Å². The van der Waals surface area contributed by atoms with Crippen molar-refractivity contribution in [2.45, 2.75) is 38.9 Å². The number of unbranched alkanes of at least 4 members (excludes halogenated alkanes) is 3. The Morgan fingerprint density at radius 1 is 1.27 bits per heavy atom. The van der Waals surface area contributed by atoms with Crippen molar-refractivity contribution in [3.63, 3.8) is 0 Å². The van der Waals surface area contributed by atoms with Gasteiger partial charge in [-0.2, -0.15) is 0 Å². The molecule has 3 N–H and O–H groups in total.